The highest BCUT2D eigenvalue weighted by atomic mass is 16.5. The largest absolute Gasteiger partial charge is 0.378 e. The van der Waals surface area contributed by atoms with Crippen LogP contribution in [0, 0.1) is 0 Å². The quantitative estimate of drug-likeness (QED) is 0.818. The van der Waals surface area contributed by atoms with Gasteiger partial charge in [0.15, 0.2) is 0 Å². The van der Waals surface area contributed by atoms with Crippen LogP contribution >= 0.6 is 0 Å². The molecule has 2 unspecified atom stereocenters. The number of aromatic nitrogens is 2. The van der Waals surface area contributed by atoms with Crippen LogP contribution in [-0.2, 0) is 18.2 Å². The highest BCUT2D eigenvalue weighted by molar-refractivity contribution is 4.91. The zero-order chi connectivity index (χ0) is 12.1. The van der Waals surface area contributed by atoms with Crippen LogP contribution in [-0.4, -0.2) is 28.3 Å². The lowest BCUT2D eigenvalue weighted by molar-refractivity contribution is 0.100. The van der Waals surface area contributed by atoms with Gasteiger partial charge in [-0.25, -0.2) is 4.98 Å². The second kappa shape index (κ2) is 6.17. The monoisotopic (exact) mass is 237 g/mol. The molecule has 96 valence electrons. The van der Waals surface area contributed by atoms with Gasteiger partial charge in [0, 0.05) is 38.5 Å². The second-order valence-corrected chi connectivity index (χ2v) is 4.97. The zero-order valence-corrected chi connectivity index (χ0v) is 10.6. The van der Waals surface area contributed by atoms with Crippen LogP contribution < -0.4 is 5.73 Å². The van der Waals surface area contributed by atoms with Gasteiger partial charge in [-0.1, -0.05) is 0 Å². The molecule has 1 saturated heterocycles. The fourth-order valence-corrected chi connectivity index (χ4v) is 2.37. The van der Waals surface area contributed by atoms with E-state index in [0.29, 0.717) is 6.10 Å². The van der Waals surface area contributed by atoms with Crippen molar-refractivity contribution in [2.45, 2.75) is 50.7 Å². The van der Waals surface area contributed by atoms with E-state index >= 15 is 0 Å². The van der Waals surface area contributed by atoms with Crippen molar-refractivity contribution in [3.63, 3.8) is 0 Å². The van der Waals surface area contributed by atoms with Crippen LogP contribution in [0.25, 0.3) is 0 Å². The molecule has 0 amide bonds. The third-order valence-electron chi connectivity index (χ3n) is 3.54. The fourth-order valence-electron chi connectivity index (χ4n) is 2.37. The Kier molecular flexibility index (Phi) is 4.57. The van der Waals surface area contributed by atoms with Crippen molar-refractivity contribution in [1.82, 2.24) is 9.55 Å². The van der Waals surface area contributed by atoms with E-state index in [2.05, 4.69) is 9.55 Å². The second-order valence-electron chi connectivity index (χ2n) is 4.97. The van der Waals surface area contributed by atoms with Crippen molar-refractivity contribution in [2.24, 2.45) is 12.8 Å². The topological polar surface area (TPSA) is 53.1 Å². The Bertz CT molecular complexity index is 331. The molecule has 1 aromatic heterocycles. The molecule has 17 heavy (non-hydrogen) atoms. The molecule has 4 heteroatoms. The van der Waals surface area contributed by atoms with Crippen molar-refractivity contribution >= 4 is 0 Å². The lowest BCUT2D eigenvalue weighted by Crippen LogP contribution is -2.23. The van der Waals surface area contributed by atoms with Gasteiger partial charge in [0.05, 0.1) is 6.10 Å². The molecule has 0 radical (unpaired) electrons. The van der Waals surface area contributed by atoms with E-state index in [1.54, 1.807) is 0 Å². The van der Waals surface area contributed by atoms with Crippen molar-refractivity contribution in [3.05, 3.63) is 18.2 Å². The van der Waals surface area contributed by atoms with Crippen molar-refractivity contribution in [1.29, 1.82) is 0 Å². The highest BCUT2D eigenvalue weighted by Crippen LogP contribution is 2.18. The Labute approximate surface area is 103 Å². The molecule has 1 aliphatic rings. The van der Waals surface area contributed by atoms with Crippen molar-refractivity contribution in [3.8, 4) is 0 Å². The van der Waals surface area contributed by atoms with E-state index in [4.69, 9.17) is 10.5 Å². The molecule has 1 aliphatic heterocycles. The van der Waals surface area contributed by atoms with Gasteiger partial charge in [0.25, 0.3) is 0 Å². The first kappa shape index (κ1) is 12.6. The van der Waals surface area contributed by atoms with Gasteiger partial charge in [-0.2, -0.15) is 0 Å². The minimum atomic E-state index is 0.274. The van der Waals surface area contributed by atoms with Gasteiger partial charge in [-0.3, -0.25) is 0 Å². The molecule has 1 fully saturated rings. The van der Waals surface area contributed by atoms with E-state index in [1.807, 2.05) is 19.4 Å². The molecule has 0 bridgehead atoms. The molecule has 2 N–H and O–H groups in total. The van der Waals surface area contributed by atoms with Gasteiger partial charge in [0.1, 0.15) is 5.82 Å². The summed E-state index contributed by atoms with van der Waals surface area (Å²) in [5.74, 6) is 1.12. The van der Waals surface area contributed by atoms with Gasteiger partial charge in [-0.05, 0) is 32.1 Å². The third kappa shape index (κ3) is 3.82. The Morgan fingerprint density at radius 3 is 3.12 bits per heavy atom. The molecule has 2 rings (SSSR count). The highest BCUT2D eigenvalue weighted by Gasteiger charge is 2.16. The maximum atomic E-state index is 6.13. The summed E-state index contributed by atoms with van der Waals surface area (Å²) < 4.78 is 7.66. The van der Waals surface area contributed by atoms with Crippen LogP contribution in [0.4, 0.5) is 0 Å². The predicted molar refractivity (Wildman–Crippen MR) is 67.7 cm³/mol. The van der Waals surface area contributed by atoms with E-state index in [0.717, 1.165) is 38.1 Å². The Hall–Kier alpha value is -0.870. The van der Waals surface area contributed by atoms with Gasteiger partial charge in [0.2, 0.25) is 0 Å². The van der Waals surface area contributed by atoms with Gasteiger partial charge in [-0.15, -0.1) is 0 Å². The van der Waals surface area contributed by atoms with Crippen LogP contribution in [0.1, 0.15) is 37.9 Å². The summed E-state index contributed by atoms with van der Waals surface area (Å²) in [6, 6.07) is 0.274. The van der Waals surface area contributed by atoms with E-state index < -0.39 is 0 Å². The van der Waals surface area contributed by atoms with Gasteiger partial charge < -0.3 is 15.0 Å². The minimum absolute atomic E-state index is 0.274. The van der Waals surface area contributed by atoms with Gasteiger partial charge >= 0.3 is 0 Å². The number of hydrogen-bond donors (Lipinski definition) is 1. The Morgan fingerprint density at radius 2 is 2.47 bits per heavy atom. The average molecular weight is 237 g/mol. The maximum absolute atomic E-state index is 6.13. The molecular weight excluding hydrogens is 214 g/mol. The first-order valence-corrected chi connectivity index (χ1v) is 6.59. The average Bonchev–Trinajstić information content (AvgIpc) is 2.95. The normalized spacial score (nSPS) is 21.9. The number of rotatable bonds is 6. The minimum Gasteiger partial charge on any atom is -0.378 e. The molecule has 0 spiro atoms. The molecule has 0 aliphatic carbocycles. The number of ether oxygens (including phenoxy) is 1. The first-order chi connectivity index (χ1) is 8.25. The van der Waals surface area contributed by atoms with Crippen LogP contribution in [0.3, 0.4) is 0 Å². The van der Waals surface area contributed by atoms with E-state index in [9.17, 15) is 0 Å². The standard InChI is InChI=1S/C13H23N3O/c1-16-9-8-15-13(16)7-5-11(14)4-6-12-3-2-10-17-12/h8-9,11-12H,2-7,10,14H2,1H3. The number of nitrogens with two attached hydrogens (primary N) is 1. The summed E-state index contributed by atoms with van der Waals surface area (Å²) in [5.41, 5.74) is 6.13. The number of hydrogen-bond acceptors (Lipinski definition) is 3. The lowest BCUT2D eigenvalue weighted by atomic mass is 10.0. The molecular formula is C13H23N3O. The number of aryl methyl sites for hydroxylation is 2. The summed E-state index contributed by atoms with van der Waals surface area (Å²) in [4.78, 5) is 4.31. The molecule has 2 atom stereocenters. The third-order valence-corrected chi connectivity index (χ3v) is 3.54. The zero-order valence-electron chi connectivity index (χ0n) is 10.6. The van der Waals surface area contributed by atoms with E-state index in [-0.39, 0.29) is 6.04 Å². The van der Waals surface area contributed by atoms with Crippen LogP contribution in [0.5, 0.6) is 0 Å². The smallest absolute Gasteiger partial charge is 0.108 e. The summed E-state index contributed by atoms with van der Waals surface area (Å²) in [5, 5.41) is 0. The summed E-state index contributed by atoms with van der Waals surface area (Å²) >= 11 is 0. The predicted octanol–water partition coefficient (Wildman–Crippen LogP) is 1.64. The lowest BCUT2D eigenvalue weighted by Gasteiger charge is -2.14. The summed E-state index contributed by atoms with van der Waals surface area (Å²) in [6.45, 7) is 0.938. The van der Waals surface area contributed by atoms with E-state index in [1.165, 1.54) is 12.8 Å². The Morgan fingerprint density at radius 1 is 1.59 bits per heavy atom. The molecule has 2 heterocycles. The maximum Gasteiger partial charge on any atom is 0.108 e. The summed E-state index contributed by atoms with van der Waals surface area (Å²) in [7, 11) is 2.03. The summed E-state index contributed by atoms with van der Waals surface area (Å²) in [6.07, 6.45) is 10.9. The van der Waals surface area contributed by atoms with Crippen molar-refractivity contribution in [2.75, 3.05) is 6.61 Å². The molecule has 0 aromatic carbocycles. The molecule has 1 aromatic rings. The SMILES string of the molecule is Cn1ccnc1CCC(N)CCC1CCCO1. The molecule has 4 nitrogen and oxygen atoms in total. The van der Waals surface area contributed by atoms with Crippen LogP contribution in [0.15, 0.2) is 12.4 Å². The Balaban J connectivity index is 1.63. The fraction of sp³-hybridized carbons (Fsp3) is 0.769. The van der Waals surface area contributed by atoms with Crippen molar-refractivity contribution < 1.29 is 4.74 Å². The molecule has 0 saturated carbocycles. The first-order valence-electron chi connectivity index (χ1n) is 6.59. The number of nitrogens with zero attached hydrogens (tertiary/aromatic N) is 2. The van der Waals surface area contributed by atoms with Crippen LogP contribution in [0.2, 0.25) is 0 Å². The number of imidazole rings is 1.